The van der Waals surface area contributed by atoms with E-state index in [9.17, 15) is 13.9 Å². The number of hydrogen-bond acceptors (Lipinski definition) is 7. The summed E-state index contributed by atoms with van der Waals surface area (Å²) < 4.78 is 45.5. The predicted octanol–water partition coefficient (Wildman–Crippen LogP) is 5.54. The molecule has 0 spiro atoms. The van der Waals surface area contributed by atoms with E-state index >= 15 is 0 Å². The summed E-state index contributed by atoms with van der Waals surface area (Å²) in [5.74, 6) is 0.259. The Morgan fingerprint density at radius 3 is 1.50 bits per heavy atom. The summed E-state index contributed by atoms with van der Waals surface area (Å²) in [5.41, 5.74) is -1.53. The van der Waals surface area contributed by atoms with Crippen molar-refractivity contribution in [3.8, 4) is 0 Å². The quantitative estimate of drug-likeness (QED) is 0.508. The van der Waals surface area contributed by atoms with Gasteiger partial charge in [-0.15, -0.1) is 0 Å². The van der Waals surface area contributed by atoms with E-state index in [1.807, 2.05) is 0 Å². The smallest absolute Gasteiger partial charge is 0.300 e. The van der Waals surface area contributed by atoms with Gasteiger partial charge >= 0.3 is 15.6 Å². The van der Waals surface area contributed by atoms with E-state index in [1.165, 1.54) is 0 Å². The van der Waals surface area contributed by atoms with Crippen molar-refractivity contribution in [1.29, 1.82) is 0 Å². The van der Waals surface area contributed by atoms with E-state index in [0.717, 1.165) is 25.7 Å². The van der Waals surface area contributed by atoms with E-state index in [1.54, 1.807) is 27.7 Å². The van der Waals surface area contributed by atoms with Crippen LogP contribution in [0.2, 0.25) is 0 Å². The molecular weight excluding hydrogens is 354 g/mol. The first kappa shape index (κ1) is 20.3. The summed E-state index contributed by atoms with van der Waals surface area (Å²) in [7, 11) is -7.70. The molecule has 7 nitrogen and oxygen atoms in total. The Balaban J connectivity index is 2.06. The SMILES string of the molecule is CC1(C)CCCCC(=O)CCCCC(C)(C)OP2(=O)OP(=O)(O1)O2. The third-order valence-corrected chi connectivity index (χ3v) is 8.72. The van der Waals surface area contributed by atoms with Gasteiger partial charge in [-0.05, 0) is 53.4 Å². The zero-order chi connectivity index (χ0) is 18.1. The van der Waals surface area contributed by atoms with Gasteiger partial charge in [0.05, 0.1) is 11.2 Å². The fourth-order valence-corrected chi connectivity index (χ4v) is 6.82. The van der Waals surface area contributed by atoms with Crippen molar-refractivity contribution in [2.45, 2.75) is 90.3 Å². The maximum Gasteiger partial charge on any atom is 0.493 e. The minimum Gasteiger partial charge on any atom is -0.300 e. The van der Waals surface area contributed by atoms with Gasteiger partial charge in [0.2, 0.25) is 0 Å². The standard InChI is InChI=1S/C15H28O7P2/c1-14(2)11-7-5-9-13(16)10-6-8-12-15(3,4)20-24(18)21-23(17,19-14)22-24/h5-12H2,1-4H3. The first-order valence-electron chi connectivity index (χ1n) is 8.49. The van der Waals surface area contributed by atoms with Crippen molar-refractivity contribution in [3.05, 3.63) is 0 Å². The second kappa shape index (κ2) is 7.30. The molecule has 0 aromatic heterocycles. The Bertz CT molecular complexity index is 510. The Labute approximate surface area is 144 Å². The van der Waals surface area contributed by atoms with Crippen LogP contribution in [-0.2, 0) is 31.6 Å². The molecule has 0 N–H and O–H groups in total. The maximum atomic E-state index is 12.3. The molecule has 0 aromatic carbocycles. The fraction of sp³-hybridized carbons (Fsp3) is 0.933. The van der Waals surface area contributed by atoms with Crippen molar-refractivity contribution in [2.24, 2.45) is 0 Å². The highest BCUT2D eigenvalue weighted by molar-refractivity contribution is 7.75. The van der Waals surface area contributed by atoms with Crippen LogP contribution >= 0.6 is 15.6 Å². The molecular formula is C15H28O7P2. The lowest BCUT2D eigenvalue weighted by molar-refractivity contribution is -0.119. The summed E-state index contributed by atoms with van der Waals surface area (Å²) in [6.45, 7) is 7.05. The van der Waals surface area contributed by atoms with Crippen LogP contribution in [0.15, 0.2) is 0 Å². The first-order valence-corrected chi connectivity index (χ1v) is 11.4. The highest BCUT2D eigenvalue weighted by Gasteiger charge is 2.60. The van der Waals surface area contributed by atoms with E-state index in [0.29, 0.717) is 25.7 Å². The molecule has 0 unspecified atom stereocenters. The van der Waals surface area contributed by atoms with Gasteiger partial charge in [-0.1, -0.05) is 12.8 Å². The Morgan fingerprint density at radius 2 is 1.12 bits per heavy atom. The molecule has 3 fully saturated rings. The number of carbonyl (C=O) groups excluding carboxylic acids is 1. The van der Waals surface area contributed by atoms with Crippen LogP contribution in [0.5, 0.6) is 0 Å². The average molecular weight is 382 g/mol. The van der Waals surface area contributed by atoms with E-state index in [4.69, 9.17) is 17.7 Å². The minimum absolute atomic E-state index is 0.259. The van der Waals surface area contributed by atoms with Gasteiger partial charge in [0.25, 0.3) is 0 Å². The van der Waals surface area contributed by atoms with Crippen LogP contribution in [0, 0.1) is 0 Å². The molecule has 0 aliphatic carbocycles. The van der Waals surface area contributed by atoms with Gasteiger partial charge in [-0.25, -0.2) is 9.13 Å². The summed E-state index contributed by atoms with van der Waals surface area (Å²) in [5, 5.41) is 0. The zero-order valence-electron chi connectivity index (χ0n) is 14.9. The van der Waals surface area contributed by atoms with Gasteiger partial charge in [0.15, 0.2) is 0 Å². The molecule has 0 saturated carbocycles. The average Bonchev–Trinajstić information content (AvgIpc) is 2.35. The van der Waals surface area contributed by atoms with Crippen LogP contribution < -0.4 is 0 Å². The largest absolute Gasteiger partial charge is 0.493 e. The number of hydrogen-bond donors (Lipinski definition) is 0. The Morgan fingerprint density at radius 1 is 0.750 bits per heavy atom. The highest BCUT2D eigenvalue weighted by Crippen LogP contribution is 2.84. The number of phosphoric acid groups is 2. The van der Waals surface area contributed by atoms with Crippen molar-refractivity contribution in [3.63, 3.8) is 0 Å². The molecule has 3 aliphatic rings. The lowest BCUT2D eigenvalue weighted by atomic mass is 9.97. The van der Waals surface area contributed by atoms with Crippen LogP contribution in [0.4, 0.5) is 0 Å². The molecule has 0 aromatic rings. The van der Waals surface area contributed by atoms with Crippen molar-refractivity contribution < 1.29 is 31.6 Å². The molecule has 2 bridgehead atoms. The number of fused-ring (bicyclic) bond motifs is 12. The van der Waals surface area contributed by atoms with Gasteiger partial charge in [-0.3, -0.25) is 13.8 Å². The summed E-state index contributed by atoms with van der Waals surface area (Å²) in [6, 6.07) is 0. The van der Waals surface area contributed by atoms with Crippen LogP contribution in [0.1, 0.15) is 79.1 Å². The molecule has 3 aliphatic heterocycles. The minimum atomic E-state index is -3.85. The summed E-state index contributed by atoms with van der Waals surface area (Å²) in [6.07, 6.45) is 5.35. The normalized spacial score (nSPS) is 38.2. The third kappa shape index (κ3) is 6.05. The lowest BCUT2D eigenvalue weighted by Crippen LogP contribution is -2.29. The van der Waals surface area contributed by atoms with Gasteiger partial charge < -0.3 is 0 Å². The Kier molecular flexibility index (Phi) is 6.17. The lowest BCUT2D eigenvalue weighted by Gasteiger charge is -2.39. The molecule has 24 heavy (non-hydrogen) atoms. The predicted molar refractivity (Wildman–Crippen MR) is 89.7 cm³/mol. The third-order valence-electron chi connectivity index (χ3n) is 4.09. The Hall–Kier alpha value is -0.0300. The molecule has 9 heteroatoms. The molecule has 140 valence electrons. The first-order chi connectivity index (χ1) is 10.9. The van der Waals surface area contributed by atoms with Crippen molar-refractivity contribution in [2.75, 3.05) is 0 Å². The zero-order valence-corrected chi connectivity index (χ0v) is 16.7. The van der Waals surface area contributed by atoms with E-state index in [-0.39, 0.29) is 5.78 Å². The van der Waals surface area contributed by atoms with Crippen molar-refractivity contribution in [1.82, 2.24) is 0 Å². The second-order valence-corrected chi connectivity index (χ2v) is 11.2. The highest BCUT2D eigenvalue weighted by atomic mass is 31.3. The molecule has 0 radical (unpaired) electrons. The van der Waals surface area contributed by atoms with Gasteiger partial charge in [0.1, 0.15) is 5.78 Å². The number of Topliss-reactive ketones (excluding diaryl/α,β-unsaturated/α-hetero) is 1. The van der Waals surface area contributed by atoms with Crippen LogP contribution in [0.3, 0.4) is 0 Å². The molecule has 3 rings (SSSR count). The molecule has 3 heterocycles. The van der Waals surface area contributed by atoms with Crippen LogP contribution in [-0.4, -0.2) is 17.0 Å². The number of ketones is 1. The van der Waals surface area contributed by atoms with E-state index in [2.05, 4.69) is 0 Å². The summed E-state index contributed by atoms with van der Waals surface area (Å²) >= 11 is 0. The maximum absolute atomic E-state index is 12.3. The monoisotopic (exact) mass is 382 g/mol. The molecule has 3 saturated heterocycles. The van der Waals surface area contributed by atoms with Gasteiger partial charge in [-0.2, -0.15) is 8.62 Å². The topological polar surface area (TPSA) is 88.1 Å². The van der Waals surface area contributed by atoms with Gasteiger partial charge in [0, 0.05) is 12.8 Å². The number of carbonyl (C=O) groups is 1. The fourth-order valence-electron chi connectivity index (χ4n) is 2.89. The van der Waals surface area contributed by atoms with E-state index < -0.39 is 26.8 Å². The molecule has 0 amide bonds. The van der Waals surface area contributed by atoms with Crippen LogP contribution in [0.25, 0.3) is 0 Å². The summed E-state index contributed by atoms with van der Waals surface area (Å²) in [4.78, 5) is 11.9. The second-order valence-electron chi connectivity index (χ2n) is 7.71. The van der Waals surface area contributed by atoms with Crippen molar-refractivity contribution >= 4 is 21.4 Å². The molecule has 0 atom stereocenters. The number of rotatable bonds is 0.